The van der Waals surface area contributed by atoms with E-state index >= 15 is 0 Å². The fraction of sp³-hybridized carbons (Fsp3) is 0.533. The van der Waals surface area contributed by atoms with Crippen molar-refractivity contribution in [3.8, 4) is 0 Å². The first-order valence-corrected chi connectivity index (χ1v) is 9.09. The van der Waals surface area contributed by atoms with Gasteiger partial charge < -0.3 is 5.32 Å². The lowest BCUT2D eigenvalue weighted by Crippen LogP contribution is -2.52. The Bertz CT molecular complexity index is 509. The molecule has 1 aromatic carbocycles. The van der Waals surface area contributed by atoms with E-state index in [1.807, 2.05) is 12.1 Å². The Balaban J connectivity index is 2.19. The Morgan fingerprint density at radius 3 is 2.95 bits per heavy atom. The highest BCUT2D eigenvalue weighted by atomic mass is 79.9. The Hall–Kier alpha value is -0.0600. The first kappa shape index (κ1) is 16.3. The molecule has 1 aromatic rings. The molecule has 1 aliphatic rings. The van der Waals surface area contributed by atoms with Crippen molar-refractivity contribution in [2.24, 2.45) is 5.92 Å². The molecular formula is C15H18Br2ClNO. The lowest BCUT2D eigenvalue weighted by Gasteiger charge is -2.39. The smallest absolute Gasteiger partial charge is 0.253 e. The van der Waals surface area contributed by atoms with E-state index in [0.717, 1.165) is 29.1 Å². The van der Waals surface area contributed by atoms with E-state index in [0.29, 0.717) is 16.5 Å². The highest BCUT2D eigenvalue weighted by molar-refractivity contribution is 9.10. The van der Waals surface area contributed by atoms with Crippen molar-refractivity contribution in [2.75, 3.05) is 5.33 Å². The second-order valence-electron chi connectivity index (χ2n) is 5.67. The Morgan fingerprint density at radius 2 is 2.30 bits per heavy atom. The quantitative estimate of drug-likeness (QED) is 0.667. The topological polar surface area (TPSA) is 29.1 Å². The number of rotatable bonds is 3. The normalized spacial score (nSPS) is 26.3. The van der Waals surface area contributed by atoms with Crippen LogP contribution < -0.4 is 5.32 Å². The van der Waals surface area contributed by atoms with Gasteiger partial charge in [-0.05, 0) is 46.8 Å². The number of halogens is 3. The van der Waals surface area contributed by atoms with E-state index in [-0.39, 0.29) is 11.4 Å². The van der Waals surface area contributed by atoms with Crippen LogP contribution in [0.15, 0.2) is 22.7 Å². The molecule has 0 saturated heterocycles. The molecule has 5 heteroatoms. The Labute approximate surface area is 141 Å². The first-order valence-electron chi connectivity index (χ1n) is 6.80. The summed E-state index contributed by atoms with van der Waals surface area (Å²) in [5, 5.41) is 4.46. The summed E-state index contributed by atoms with van der Waals surface area (Å²) in [5.41, 5.74) is 0.375. The second kappa shape index (κ2) is 6.80. The molecule has 0 aromatic heterocycles. The van der Waals surface area contributed by atoms with E-state index < -0.39 is 0 Å². The predicted octanol–water partition coefficient (Wildman–Crippen LogP) is 5.18. The number of alkyl halides is 1. The molecule has 1 fully saturated rings. The number of hydrogen-bond donors (Lipinski definition) is 1. The highest BCUT2D eigenvalue weighted by Gasteiger charge is 2.35. The van der Waals surface area contributed by atoms with Gasteiger partial charge in [-0.15, -0.1) is 0 Å². The SMILES string of the molecule is CC1CCCC(CBr)(NC(=O)c2cccc(Br)c2Cl)C1. The predicted molar refractivity (Wildman–Crippen MR) is 90.8 cm³/mol. The first-order chi connectivity index (χ1) is 9.47. The highest BCUT2D eigenvalue weighted by Crippen LogP contribution is 2.34. The minimum atomic E-state index is -0.152. The van der Waals surface area contributed by atoms with Gasteiger partial charge in [0.1, 0.15) is 0 Å². The van der Waals surface area contributed by atoms with E-state index in [4.69, 9.17) is 11.6 Å². The molecule has 2 nitrogen and oxygen atoms in total. The molecule has 1 aliphatic carbocycles. The number of carbonyl (C=O) groups is 1. The third-order valence-corrected chi connectivity index (χ3v) is 6.29. The van der Waals surface area contributed by atoms with Crippen molar-refractivity contribution in [1.82, 2.24) is 5.32 Å². The van der Waals surface area contributed by atoms with Gasteiger partial charge in [-0.25, -0.2) is 0 Å². The number of benzene rings is 1. The van der Waals surface area contributed by atoms with Gasteiger partial charge in [0, 0.05) is 9.80 Å². The Kier molecular flexibility index (Phi) is 5.55. The summed E-state index contributed by atoms with van der Waals surface area (Å²) in [7, 11) is 0. The van der Waals surface area contributed by atoms with E-state index in [2.05, 4.69) is 44.1 Å². The summed E-state index contributed by atoms with van der Waals surface area (Å²) in [4.78, 5) is 12.5. The van der Waals surface area contributed by atoms with E-state index in [9.17, 15) is 4.79 Å². The molecular weight excluding hydrogens is 405 g/mol. The van der Waals surface area contributed by atoms with Gasteiger partial charge in [-0.3, -0.25) is 4.79 Å². The van der Waals surface area contributed by atoms with Gasteiger partial charge in [-0.1, -0.05) is 53.4 Å². The van der Waals surface area contributed by atoms with Crippen LogP contribution >= 0.6 is 43.5 Å². The number of hydrogen-bond acceptors (Lipinski definition) is 1. The standard InChI is InChI=1S/C15H18Br2ClNO/c1-10-4-3-7-15(8-10,9-16)19-14(20)11-5-2-6-12(17)13(11)18/h2,5-6,10H,3-4,7-9H2,1H3,(H,19,20). The maximum atomic E-state index is 12.5. The van der Waals surface area contributed by atoms with E-state index in [1.54, 1.807) is 6.07 Å². The molecule has 0 spiro atoms. The lowest BCUT2D eigenvalue weighted by molar-refractivity contribution is 0.0869. The zero-order valence-electron chi connectivity index (χ0n) is 11.4. The van der Waals surface area contributed by atoms with Crippen molar-refractivity contribution in [1.29, 1.82) is 0 Å². The van der Waals surface area contributed by atoms with Gasteiger partial charge in [-0.2, -0.15) is 0 Å². The molecule has 0 aliphatic heterocycles. The third-order valence-electron chi connectivity index (χ3n) is 3.92. The fourth-order valence-electron chi connectivity index (χ4n) is 2.92. The molecule has 2 rings (SSSR count). The molecule has 110 valence electrons. The summed E-state index contributed by atoms with van der Waals surface area (Å²) in [6.45, 7) is 2.24. The third kappa shape index (κ3) is 3.58. The van der Waals surface area contributed by atoms with Gasteiger partial charge in [0.15, 0.2) is 0 Å². The van der Waals surface area contributed by atoms with Gasteiger partial charge in [0.25, 0.3) is 5.91 Å². The van der Waals surface area contributed by atoms with Gasteiger partial charge in [0.2, 0.25) is 0 Å². The molecule has 0 bridgehead atoms. The fourth-order valence-corrected chi connectivity index (χ4v) is 4.14. The monoisotopic (exact) mass is 421 g/mol. The van der Waals surface area contributed by atoms with Gasteiger partial charge in [0.05, 0.1) is 16.1 Å². The summed E-state index contributed by atoms with van der Waals surface area (Å²) in [5.74, 6) is 0.546. The van der Waals surface area contributed by atoms with Crippen LogP contribution in [0.3, 0.4) is 0 Å². The molecule has 0 heterocycles. The average Bonchev–Trinajstić information content (AvgIpc) is 2.41. The summed E-state index contributed by atoms with van der Waals surface area (Å²) < 4.78 is 0.747. The number of amides is 1. The molecule has 2 unspecified atom stereocenters. The zero-order chi connectivity index (χ0) is 14.8. The maximum absolute atomic E-state index is 12.5. The van der Waals surface area contributed by atoms with Crippen molar-refractivity contribution in [2.45, 2.75) is 38.1 Å². The molecule has 1 N–H and O–H groups in total. The Morgan fingerprint density at radius 1 is 1.55 bits per heavy atom. The van der Waals surface area contributed by atoms with Crippen molar-refractivity contribution in [3.63, 3.8) is 0 Å². The minimum absolute atomic E-state index is 0.0927. The van der Waals surface area contributed by atoms with Crippen LogP contribution in [0.25, 0.3) is 0 Å². The molecule has 0 radical (unpaired) electrons. The lowest BCUT2D eigenvalue weighted by atomic mass is 9.77. The molecule has 20 heavy (non-hydrogen) atoms. The van der Waals surface area contributed by atoms with Gasteiger partial charge >= 0.3 is 0 Å². The number of nitrogens with one attached hydrogen (secondary N) is 1. The van der Waals surface area contributed by atoms with Crippen LogP contribution in [0.5, 0.6) is 0 Å². The van der Waals surface area contributed by atoms with Crippen LogP contribution in [0.2, 0.25) is 5.02 Å². The van der Waals surface area contributed by atoms with Crippen LogP contribution in [-0.4, -0.2) is 16.8 Å². The van der Waals surface area contributed by atoms with Crippen LogP contribution in [-0.2, 0) is 0 Å². The van der Waals surface area contributed by atoms with Crippen molar-refractivity contribution < 1.29 is 4.79 Å². The minimum Gasteiger partial charge on any atom is -0.346 e. The van der Waals surface area contributed by atoms with Crippen molar-refractivity contribution in [3.05, 3.63) is 33.3 Å². The van der Waals surface area contributed by atoms with Crippen molar-refractivity contribution >= 4 is 49.4 Å². The number of carbonyl (C=O) groups excluding carboxylic acids is 1. The maximum Gasteiger partial charge on any atom is 0.253 e. The zero-order valence-corrected chi connectivity index (χ0v) is 15.3. The van der Waals surface area contributed by atoms with E-state index in [1.165, 1.54) is 6.42 Å². The van der Waals surface area contributed by atoms with Crippen LogP contribution in [0.1, 0.15) is 43.0 Å². The largest absolute Gasteiger partial charge is 0.346 e. The van der Waals surface area contributed by atoms with Crippen LogP contribution in [0, 0.1) is 5.92 Å². The average molecular weight is 424 g/mol. The summed E-state index contributed by atoms with van der Waals surface area (Å²) in [6, 6.07) is 5.42. The molecule has 2 atom stereocenters. The van der Waals surface area contributed by atoms with Crippen LogP contribution in [0.4, 0.5) is 0 Å². The second-order valence-corrected chi connectivity index (χ2v) is 7.46. The molecule has 1 amide bonds. The summed E-state index contributed by atoms with van der Waals surface area (Å²) >= 11 is 13.1. The summed E-state index contributed by atoms with van der Waals surface area (Å²) in [6.07, 6.45) is 4.41. The molecule has 1 saturated carbocycles.